The number of halogens is 1. The summed E-state index contributed by atoms with van der Waals surface area (Å²) in [5.74, 6) is -0.296. The average Bonchev–Trinajstić information content (AvgIpc) is 3.23. The Balaban J connectivity index is 1.45. The smallest absolute Gasteiger partial charge is 0.410 e. The highest BCUT2D eigenvalue weighted by molar-refractivity contribution is 5.68. The molecule has 162 valence electrons. The zero-order valence-corrected chi connectivity index (χ0v) is 17.8. The maximum Gasteiger partial charge on any atom is 0.410 e. The molecule has 0 aliphatic carbocycles. The molecule has 2 heterocycles. The summed E-state index contributed by atoms with van der Waals surface area (Å²) in [5.41, 5.74) is 2.78. The minimum Gasteiger partial charge on any atom is -0.444 e. The Hall–Kier alpha value is -3.26. The van der Waals surface area contributed by atoms with Gasteiger partial charge < -0.3 is 14.4 Å². The van der Waals surface area contributed by atoms with Crippen LogP contribution in [0, 0.1) is 5.82 Å². The average molecular weight is 424 g/mol. The van der Waals surface area contributed by atoms with Crippen molar-refractivity contribution in [2.45, 2.75) is 32.5 Å². The molecule has 4 rings (SSSR count). The second-order valence-electron chi connectivity index (χ2n) is 8.43. The van der Waals surface area contributed by atoms with E-state index in [1.54, 1.807) is 27.9 Å². The first-order valence-electron chi connectivity index (χ1n) is 10.2. The van der Waals surface area contributed by atoms with Gasteiger partial charge in [-0.05, 0) is 50.6 Å². The van der Waals surface area contributed by atoms with Gasteiger partial charge >= 0.3 is 6.09 Å². The fourth-order valence-electron chi connectivity index (χ4n) is 3.33. The summed E-state index contributed by atoms with van der Waals surface area (Å²) >= 11 is 0. The van der Waals surface area contributed by atoms with E-state index in [2.05, 4.69) is 10.3 Å². The topological polar surface area (TPSA) is 69.5 Å². The number of hydrogen-bond acceptors (Lipinski definition) is 5. The second-order valence-corrected chi connectivity index (χ2v) is 8.43. The van der Waals surface area contributed by atoms with Crippen LogP contribution in [0.2, 0.25) is 0 Å². The summed E-state index contributed by atoms with van der Waals surface area (Å²) in [5, 5.41) is 8.34. The van der Waals surface area contributed by atoms with Gasteiger partial charge in [0.25, 0.3) is 0 Å². The lowest BCUT2D eigenvalue weighted by Crippen LogP contribution is -2.44. The van der Waals surface area contributed by atoms with Crippen LogP contribution in [-0.2, 0) is 9.47 Å². The molecular weight excluding hydrogens is 399 g/mol. The van der Waals surface area contributed by atoms with Gasteiger partial charge in [-0.2, -0.15) is 0 Å². The van der Waals surface area contributed by atoms with Crippen molar-refractivity contribution in [1.82, 2.24) is 19.9 Å². The number of rotatable bonds is 3. The van der Waals surface area contributed by atoms with E-state index in [4.69, 9.17) is 9.47 Å². The minimum absolute atomic E-state index is 0.217. The second kappa shape index (κ2) is 8.47. The van der Waals surface area contributed by atoms with Crippen molar-refractivity contribution in [2.24, 2.45) is 0 Å². The quantitative estimate of drug-likeness (QED) is 0.624. The lowest BCUT2D eigenvalue weighted by Gasteiger charge is -2.34. The lowest BCUT2D eigenvalue weighted by atomic mass is 10.0. The summed E-state index contributed by atoms with van der Waals surface area (Å²) in [7, 11) is 0. The summed E-state index contributed by atoms with van der Waals surface area (Å²) in [6.45, 7) is 6.97. The number of hydrogen-bond donors (Lipinski definition) is 0. The standard InChI is InChI=1S/C23H25FN4O3/c1-23(2,3)31-22(29)27-12-13-30-21(15-27)17-6-4-16(5-7-17)20-14-28(26-25-20)19-10-8-18(24)9-11-19/h4-11,14,21H,12-13,15H2,1-3H3/t21-/m1/s1. The molecule has 8 heteroatoms. The van der Waals surface area contributed by atoms with Gasteiger partial charge in [0.2, 0.25) is 0 Å². The van der Waals surface area contributed by atoms with Crippen LogP contribution in [0.5, 0.6) is 0 Å². The Bertz CT molecular complexity index is 1040. The van der Waals surface area contributed by atoms with Gasteiger partial charge in [-0.3, -0.25) is 0 Å². The Morgan fingerprint density at radius 2 is 1.84 bits per heavy atom. The summed E-state index contributed by atoms with van der Waals surface area (Å²) in [6, 6.07) is 13.9. The zero-order chi connectivity index (χ0) is 22.0. The predicted molar refractivity (Wildman–Crippen MR) is 113 cm³/mol. The molecule has 1 atom stereocenters. The molecule has 2 aromatic carbocycles. The van der Waals surface area contributed by atoms with E-state index in [9.17, 15) is 9.18 Å². The maximum atomic E-state index is 13.1. The van der Waals surface area contributed by atoms with Crippen molar-refractivity contribution < 1.29 is 18.7 Å². The Morgan fingerprint density at radius 3 is 2.52 bits per heavy atom. The fraction of sp³-hybridized carbons (Fsp3) is 0.348. The molecule has 0 N–H and O–H groups in total. The summed E-state index contributed by atoms with van der Waals surface area (Å²) < 4.78 is 26.1. The molecule has 1 saturated heterocycles. The number of carbonyl (C=O) groups is 1. The van der Waals surface area contributed by atoms with E-state index >= 15 is 0 Å². The molecule has 0 saturated carbocycles. The Morgan fingerprint density at radius 1 is 1.13 bits per heavy atom. The molecule has 7 nitrogen and oxygen atoms in total. The zero-order valence-electron chi connectivity index (χ0n) is 17.8. The Kier molecular flexibility index (Phi) is 5.73. The van der Waals surface area contributed by atoms with Gasteiger partial charge in [0.05, 0.1) is 25.0 Å². The van der Waals surface area contributed by atoms with Crippen molar-refractivity contribution in [3.8, 4) is 16.9 Å². The molecule has 3 aromatic rings. The van der Waals surface area contributed by atoms with Gasteiger partial charge in [0.15, 0.2) is 0 Å². The van der Waals surface area contributed by atoms with Gasteiger partial charge in [0.1, 0.15) is 23.2 Å². The number of amides is 1. The highest BCUT2D eigenvalue weighted by Gasteiger charge is 2.28. The molecule has 1 aliphatic rings. The van der Waals surface area contributed by atoms with Crippen LogP contribution in [0.25, 0.3) is 16.9 Å². The number of nitrogens with zero attached hydrogens (tertiary/aromatic N) is 4. The molecule has 0 radical (unpaired) electrons. The molecule has 0 spiro atoms. The van der Waals surface area contributed by atoms with E-state index in [0.29, 0.717) is 25.4 Å². The van der Waals surface area contributed by atoms with E-state index in [1.807, 2.05) is 45.0 Å². The Labute approximate surface area is 180 Å². The normalized spacial score (nSPS) is 16.9. The predicted octanol–water partition coefficient (Wildman–Crippen LogP) is 4.38. The maximum absolute atomic E-state index is 13.1. The summed E-state index contributed by atoms with van der Waals surface area (Å²) in [6.07, 6.45) is 1.25. The first kappa shape index (κ1) is 21.0. The van der Waals surface area contributed by atoms with Crippen LogP contribution in [0.1, 0.15) is 32.4 Å². The van der Waals surface area contributed by atoms with Crippen molar-refractivity contribution in [1.29, 1.82) is 0 Å². The van der Waals surface area contributed by atoms with Crippen LogP contribution in [0.3, 0.4) is 0 Å². The molecule has 0 bridgehead atoms. The van der Waals surface area contributed by atoms with Crippen molar-refractivity contribution in [3.63, 3.8) is 0 Å². The fourth-order valence-corrected chi connectivity index (χ4v) is 3.33. The first-order valence-corrected chi connectivity index (χ1v) is 10.2. The number of carbonyl (C=O) groups excluding carboxylic acids is 1. The highest BCUT2D eigenvalue weighted by Crippen LogP contribution is 2.26. The number of ether oxygens (including phenoxy) is 2. The van der Waals surface area contributed by atoms with Gasteiger partial charge in [-0.1, -0.05) is 29.5 Å². The van der Waals surface area contributed by atoms with Gasteiger partial charge in [0, 0.05) is 12.1 Å². The van der Waals surface area contributed by atoms with Crippen LogP contribution in [0.15, 0.2) is 54.7 Å². The molecular formula is C23H25FN4O3. The summed E-state index contributed by atoms with van der Waals surface area (Å²) in [4.78, 5) is 14.1. The largest absolute Gasteiger partial charge is 0.444 e. The minimum atomic E-state index is -0.530. The van der Waals surface area contributed by atoms with Crippen LogP contribution in [-0.4, -0.2) is 51.3 Å². The highest BCUT2D eigenvalue weighted by atomic mass is 19.1. The van der Waals surface area contributed by atoms with Gasteiger partial charge in [-0.15, -0.1) is 5.10 Å². The van der Waals surface area contributed by atoms with Crippen LogP contribution < -0.4 is 0 Å². The third-order valence-corrected chi connectivity index (χ3v) is 4.88. The number of aromatic nitrogens is 3. The first-order chi connectivity index (χ1) is 14.8. The van der Waals surface area contributed by atoms with Crippen molar-refractivity contribution >= 4 is 6.09 Å². The lowest BCUT2D eigenvalue weighted by molar-refractivity contribution is -0.0432. The molecule has 1 aromatic heterocycles. The number of benzene rings is 2. The van der Waals surface area contributed by atoms with E-state index in [-0.39, 0.29) is 18.0 Å². The van der Waals surface area contributed by atoms with E-state index < -0.39 is 5.60 Å². The van der Waals surface area contributed by atoms with E-state index in [0.717, 1.165) is 16.8 Å². The number of morpholine rings is 1. The molecule has 1 amide bonds. The van der Waals surface area contributed by atoms with Crippen molar-refractivity contribution in [2.75, 3.05) is 19.7 Å². The van der Waals surface area contributed by atoms with E-state index in [1.165, 1.54) is 12.1 Å². The third-order valence-electron chi connectivity index (χ3n) is 4.88. The van der Waals surface area contributed by atoms with Crippen LogP contribution >= 0.6 is 0 Å². The monoisotopic (exact) mass is 424 g/mol. The van der Waals surface area contributed by atoms with Crippen LogP contribution in [0.4, 0.5) is 9.18 Å². The molecule has 1 aliphatic heterocycles. The molecule has 1 fully saturated rings. The molecule has 0 unspecified atom stereocenters. The van der Waals surface area contributed by atoms with Gasteiger partial charge in [-0.25, -0.2) is 13.9 Å². The SMILES string of the molecule is CC(C)(C)OC(=O)N1CCO[C@@H](c2ccc(-c3cn(-c4ccc(F)cc4)nn3)cc2)C1. The van der Waals surface area contributed by atoms with Crippen molar-refractivity contribution in [3.05, 3.63) is 66.1 Å². The molecule has 31 heavy (non-hydrogen) atoms. The third kappa shape index (κ3) is 5.08.